The first kappa shape index (κ1) is 11.6. The Kier molecular flexibility index (Phi) is 3.31. The van der Waals surface area contributed by atoms with Gasteiger partial charge < -0.3 is 9.84 Å². The van der Waals surface area contributed by atoms with E-state index >= 15 is 0 Å². The van der Waals surface area contributed by atoms with Crippen molar-refractivity contribution in [3.63, 3.8) is 0 Å². The Labute approximate surface area is 97.3 Å². The zero-order valence-electron chi connectivity index (χ0n) is 10.0. The van der Waals surface area contributed by atoms with E-state index in [-0.39, 0.29) is 11.5 Å². The van der Waals surface area contributed by atoms with Crippen LogP contribution in [0.4, 0.5) is 0 Å². The lowest BCUT2D eigenvalue weighted by Crippen LogP contribution is -2.24. The lowest BCUT2D eigenvalue weighted by atomic mass is 9.83. The molecule has 1 aliphatic rings. The number of hydrogen-bond acceptors (Lipinski definition) is 2. The lowest BCUT2D eigenvalue weighted by molar-refractivity contribution is -0.0962. The molecular formula is C14H20O2. The van der Waals surface area contributed by atoms with Crippen LogP contribution in [0.25, 0.3) is 0 Å². The summed E-state index contributed by atoms with van der Waals surface area (Å²) < 4.78 is 5.55. The highest BCUT2D eigenvalue weighted by atomic mass is 16.6. The zero-order valence-corrected chi connectivity index (χ0v) is 10.0. The minimum Gasteiger partial charge on any atom is -0.368 e. The molecular weight excluding hydrogens is 200 g/mol. The Hall–Kier alpha value is -0.860. The molecule has 0 bridgehead atoms. The first-order valence-electron chi connectivity index (χ1n) is 5.95. The molecule has 16 heavy (non-hydrogen) atoms. The average Bonchev–Trinajstić information content (AvgIpc) is 2.50. The van der Waals surface area contributed by atoms with Gasteiger partial charge in [0.1, 0.15) is 0 Å². The third-order valence-electron chi connectivity index (χ3n) is 3.43. The molecule has 1 aliphatic heterocycles. The Morgan fingerprint density at radius 2 is 2.00 bits per heavy atom. The van der Waals surface area contributed by atoms with Gasteiger partial charge in [0, 0.05) is 6.42 Å². The fourth-order valence-electron chi connectivity index (χ4n) is 2.40. The van der Waals surface area contributed by atoms with Gasteiger partial charge in [-0.15, -0.1) is 0 Å². The van der Waals surface area contributed by atoms with Crippen LogP contribution in [0.5, 0.6) is 0 Å². The van der Waals surface area contributed by atoms with Crippen molar-refractivity contribution in [2.45, 2.75) is 45.5 Å². The number of aliphatic hydroxyl groups excluding tert-OH is 1. The Balaban J connectivity index is 1.91. The SMILES string of the molecule is CC1(C)CC(O)O[C@@H]1CCc1ccccc1. The van der Waals surface area contributed by atoms with Crippen molar-refractivity contribution in [3.8, 4) is 0 Å². The Morgan fingerprint density at radius 3 is 2.56 bits per heavy atom. The van der Waals surface area contributed by atoms with Gasteiger partial charge in [0.15, 0.2) is 6.29 Å². The van der Waals surface area contributed by atoms with Gasteiger partial charge in [-0.3, -0.25) is 0 Å². The molecule has 2 heteroatoms. The van der Waals surface area contributed by atoms with Crippen molar-refractivity contribution in [3.05, 3.63) is 35.9 Å². The van der Waals surface area contributed by atoms with E-state index in [0.29, 0.717) is 0 Å². The van der Waals surface area contributed by atoms with Crippen LogP contribution >= 0.6 is 0 Å². The van der Waals surface area contributed by atoms with E-state index in [1.807, 2.05) is 6.07 Å². The maximum Gasteiger partial charge on any atom is 0.155 e. The first-order chi connectivity index (χ1) is 7.58. The standard InChI is InChI=1S/C14H20O2/c1-14(2)10-13(15)16-12(14)9-8-11-6-4-3-5-7-11/h3-7,12-13,15H,8-10H2,1-2H3/t12-,13?/m1/s1. The third kappa shape index (κ3) is 2.63. The summed E-state index contributed by atoms with van der Waals surface area (Å²) in [7, 11) is 0. The summed E-state index contributed by atoms with van der Waals surface area (Å²) in [6.45, 7) is 4.33. The number of aryl methyl sites for hydroxylation is 1. The second-order valence-electron chi connectivity index (χ2n) is 5.30. The van der Waals surface area contributed by atoms with Gasteiger partial charge in [0.25, 0.3) is 0 Å². The van der Waals surface area contributed by atoms with E-state index in [2.05, 4.69) is 38.1 Å². The van der Waals surface area contributed by atoms with E-state index in [9.17, 15) is 5.11 Å². The fraction of sp³-hybridized carbons (Fsp3) is 0.571. The minimum absolute atomic E-state index is 0.0915. The molecule has 0 aliphatic carbocycles. The third-order valence-corrected chi connectivity index (χ3v) is 3.43. The van der Waals surface area contributed by atoms with E-state index in [4.69, 9.17) is 4.74 Å². The number of hydrogen-bond donors (Lipinski definition) is 1. The molecule has 2 nitrogen and oxygen atoms in total. The summed E-state index contributed by atoms with van der Waals surface area (Å²) in [4.78, 5) is 0. The number of aliphatic hydroxyl groups is 1. The maximum absolute atomic E-state index is 9.51. The molecule has 0 radical (unpaired) electrons. The van der Waals surface area contributed by atoms with Gasteiger partial charge in [0.2, 0.25) is 0 Å². The quantitative estimate of drug-likeness (QED) is 0.848. The predicted octanol–water partition coefficient (Wildman–Crippen LogP) is 2.75. The number of rotatable bonds is 3. The second-order valence-corrected chi connectivity index (χ2v) is 5.30. The van der Waals surface area contributed by atoms with Gasteiger partial charge in [-0.05, 0) is 23.8 Å². The van der Waals surface area contributed by atoms with E-state index in [1.165, 1.54) is 5.56 Å². The van der Waals surface area contributed by atoms with E-state index in [0.717, 1.165) is 19.3 Å². The topological polar surface area (TPSA) is 29.5 Å². The molecule has 1 N–H and O–H groups in total. The smallest absolute Gasteiger partial charge is 0.155 e. The lowest BCUT2D eigenvalue weighted by Gasteiger charge is -2.24. The summed E-state index contributed by atoms with van der Waals surface area (Å²) in [6.07, 6.45) is 2.33. The number of ether oxygens (including phenoxy) is 1. The van der Waals surface area contributed by atoms with Crippen LogP contribution in [0, 0.1) is 5.41 Å². The van der Waals surface area contributed by atoms with Crippen molar-refractivity contribution in [2.24, 2.45) is 5.41 Å². The summed E-state index contributed by atoms with van der Waals surface area (Å²) in [5, 5.41) is 9.51. The Morgan fingerprint density at radius 1 is 1.31 bits per heavy atom. The van der Waals surface area contributed by atoms with E-state index in [1.54, 1.807) is 0 Å². The summed E-state index contributed by atoms with van der Waals surface area (Å²) in [6, 6.07) is 10.4. The minimum atomic E-state index is -0.573. The molecule has 0 saturated carbocycles. The molecule has 1 heterocycles. The monoisotopic (exact) mass is 220 g/mol. The molecule has 0 spiro atoms. The molecule has 1 unspecified atom stereocenters. The highest BCUT2D eigenvalue weighted by Gasteiger charge is 2.40. The summed E-state index contributed by atoms with van der Waals surface area (Å²) >= 11 is 0. The van der Waals surface area contributed by atoms with Crippen molar-refractivity contribution in [1.29, 1.82) is 0 Å². The van der Waals surface area contributed by atoms with Gasteiger partial charge in [-0.1, -0.05) is 44.2 Å². The van der Waals surface area contributed by atoms with Crippen molar-refractivity contribution in [2.75, 3.05) is 0 Å². The molecule has 0 aromatic heterocycles. The summed E-state index contributed by atoms with van der Waals surface area (Å²) in [5.41, 5.74) is 1.43. The van der Waals surface area contributed by atoms with Gasteiger partial charge in [-0.2, -0.15) is 0 Å². The van der Waals surface area contributed by atoms with Gasteiger partial charge in [-0.25, -0.2) is 0 Å². The Bertz CT molecular complexity index is 332. The molecule has 2 atom stereocenters. The molecule has 2 rings (SSSR count). The van der Waals surface area contributed by atoms with Crippen LogP contribution in [0.15, 0.2) is 30.3 Å². The van der Waals surface area contributed by atoms with Crippen molar-refractivity contribution in [1.82, 2.24) is 0 Å². The van der Waals surface area contributed by atoms with Crippen LogP contribution in [0.2, 0.25) is 0 Å². The molecule has 1 aromatic carbocycles. The molecule has 1 aromatic rings. The fourth-order valence-corrected chi connectivity index (χ4v) is 2.40. The molecule has 1 saturated heterocycles. The highest BCUT2D eigenvalue weighted by molar-refractivity contribution is 5.14. The predicted molar refractivity (Wildman–Crippen MR) is 64.0 cm³/mol. The maximum atomic E-state index is 9.51. The van der Waals surface area contributed by atoms with Crippen LogP contribution in [-0.4, -0.2) is 17.5 Å². The van der Waals surface area contributed by atoms with Crippen LogP contribution in [0.3, 0.4) is 0 Å². The van der Waals surface area contributed by atoms with Crippen LogP contribution < -0.4 is 0 Å². The van der Waals surface area contributed by atoms with Crippen molar-refractivity contribution >= 4 is 0 Å². The van der Waals surface area contributed by atoms with Crippen LogP contribution in [-0.2, 0) is 11.2 Å². The summed E-state index contributed by atoms with van der Waals surface area (Å²) in [5.74, 6) is 0. The first-order valence-corrected chi connectivity index (χ1v) is 5.95. The number of benzene rings is 1. The zero-order chi connectivity index (χ0) is 11.6. The molecule has 88 valence electrons. The molecule has 0 amide bonds. The largest absolute Gasteiger partial charge is 0.368 e. The second kappa shape index (κ2) is 4.56. The van der Waals surface area contributed by atoms with Gasteiger partial charge >= 0.3 is 0 Å². The molecule has 1 fully saturated rings. The van der Waals surface area contributed by atoms with Gasteiger partial charge in [0.05, 0.1) is 6.10 Å². The van der Waals surface area contributed by atoms with E-state index < -0.39 is 6.29 Å². The highest BCUT2D eigenvalue weighted by Crippen LogP contribution is 2.39. The normalized spacial score (nSPS) is 28.2. The van der Waals surface area contributed by atoms with Crippen LogP contribution in [0.1, 0.15) is 32.3 Å². The average molecular weight is 220 g/mol. The van der Waals surface area contributed by atoms with Crippen molar-refractivity contribution < 1.29 is 9.84 Å².